The summed E-state index contributed by atoms with van der Waals surface area (Å²) >= 11 is 0. The average molecular weight is 391 g/mol. The Labute approximate surface area is 169 Å². The molecule has 5 amide bonds. The van der Waals surface area contributed by atoms with E-state index in [0.29, 0.717) is 30.8 Å². The van der Waals surface area contributed by atoms with Gasteiger partial charge in [-0.05, 0) is 42.7 Å². The molecule has 2 N–H and O–H groups in total. The van der Waals surface area contributed by atoms with Crippen molar-refractivity contribution in [1.82, 2.24) is 10.2 Å². The number of rotatable bonds is 4. The quantitative estimate of drug-likeness (QED) is 0.769. The lowest BCUT2D eigenvalue weighted by molar-refractivity contribution is -0.128. The van der Waals surface area contributed by atoms with E-state index in [4.69, 9.17) is 0 Å². The lowest BCUT2D eigenvalue weighted by atomic mass is 9.80. The van der Waals surface area contributed by atoms with Gasteiger partial charge in [0, 0.05) is 17.9 Å². The topological polar surface area (TPSA) is 92.6 Å². The summed E-state index contributed by atoms with van der Waals surface area (Å²) in [4.78, 5) is 38.5. The molecule has 29 heavy (non-hydrogen) atoms. The van der Waals surface area contributed by atoms with Crippen molar-refractivity contribution in [3.63, 3.8) is 0 Å². The van der Waals surface area contributed by atoms with Gasteiger partial charge in [0.1, 0.15) is 5.54 Å². The molecule has 1 heterocycles. The monoisotopic (exact) mass is 391 g/mol. The van der Waals surface area contributed by atoms with Crippen molar-refractivity contribution in [2.24, 2.45) is 0 Å². The summed E-state index contributed by atoms with van der Waals surface area (Å²) < 4.78 is 0. The number of hydrogen-bond acceptors (Lipinski definition) is 3. The van der Waals surface area contributed by atoms with Gasteiger partial charge in [-0.1, -0.05) is 49.6 Å². The number of para-hydroxylation sites is 1. The molecule has 1 saturated carbocycles. The van der Waals surface area contributed by atoms with Gasteiger partial charge in [0.05, 0.1) is 0 Å². The van der Waals surface area contributed by atoms with E-state index < -0.39 is 11.6 Å². The van der Waals surface area contributed by atoms with E-state index >= 15 is 0 Å². The number of carbonyl (C=O) groups excluding carboxylic acids is 3. The van der Waals surface area contributed by atoms with Crippen molar-refractivity contribution in [2.75, 3.05) is 10.6 Å². The average Bonchev–Trinajstić information content (AvgIpc) is 2.94. The van der Waals surface area contributed by atoms with Crippen molar-refractivity contribution >= 4 is 29.3 Å². The molecule has 2 aliphatic rings. The third-order valence-corrected chi connectivity index (χ3v) is 5.61. The summed E-state index contributed by atoms with van der Waals surface area (Å²) in [5, 5.41) is 9.26. The lowest BCUT2D eigenvalue weighted by Crippen LogP contribution is -2.50. The van der Waals surface area contributed by atoms with Crippen LogP contribution in [0.15, 0.2) is 54.6 Å². The fourth-order valence-electron chi connectivity index (χ4n) is 4.08. The number of hydrogen-bond donors (Lipinski definition) is 2. The Morgan fingerprint density at radius 2 is 1.52 bits per heavy atom. The Bertz CT molecular complexity index is 905. The summed E-state index contributed by atoms with van der Waals surface area (Å²) in [7, 11) is 0. The van der Waals surface area contributed by atoms with Crippen molar-refractivity contribution < 1.29 is 14.4 Å². The summed E-state index contributed by atoms with van der Waals surface area (Å²) in [5.74, 6) is -0.293. The second-order valence-electron chi connectivity index (χ2n) is 7.52. The number of urea groups is 2. The molecule has 7 heteroatoms. The van der Waals surface area contributed by atoms with Crippen LogP contribution in [0.5, 0.6) is 0 Å². The van der Waals surface area contributed by atoms with E-state index in [0.717, 1.165) is 24.8 Å². The van der Waals surface area contributed by atoms with Gasteiger partial charge < -0.3 is 15.5 Å². The SMILES string of the molecule is O=C(Nc1ccccc1)Nc1ccc(CN2C(=O)[N]C(=O)C23CCCCC3)cc1. The maximum Gasteiger partial charge on any atom is 0.347 e. The Morgan fingerprint density at radius 1 is 0.897 bits per heavy atom. The van der Waals surface area contributed by atoms with Gasteiger partial charge in [0.2, 0.25) is 0 Å². The van der Waals surface area contributed by atoms with Crippen LogP contribution in [0.4, 0.5) is 21.0 Å². The minimum atomic E-state index is -0.762. The normalized spacial score (nSPS) is 17.9. The van der Waals surface area contributed by atoms with Crippen LogP contribution in [0.2, 0.25) is 0 Å². The Morgan fingerprint density at radius 3 is 2.17 bits per heavy atom. The molecule has 2 aromatic carbocycles. The van der Waals surface area contributed by atoms with Gasteiger partial charge in [0.25, 0.3) is 5.91 Å². The van der Waals surface area contributed by atoms with Crippen molar-refractivity contribution in [2.45, 2.75) is 44.2 Å². The number of amides is 5. The number of carbonyl (C=O) groups is 3. The van der Waals surface area contributed by atoms with Crippen LogP contribution in [0.3, 0.4) is 0 Å². The summed E-state index contributed by atoms with van der Waals surface area (Å²) in [6.07, 6.45) is 4.32. The zero-order chi connectivity index (χ0) is 20.3. The highest BCUT2D eigenvalue weighted by atomic mass is 16.2. The first-order valence-corrected chi connectivity index (χ1v) is 9.87. The molecule has 1 aliphatic carbocycles. The van der Waals surface area contributed by atoms with Crippen molar-refractivity contribution in [3.05, 3.63) is 60.2 Å². The minimum absolute atomic E-state index is 0.293. The molecule has 1 saturated heterocycles. The zero-order valence-corrected chi connectivity index (χ0v) is 16.1. The van der Waals surface area contributed by atoms with Crippen LogP contribution in [-0.2, 0) is 11.3 Å². The van der Waals surface area contributed by atoms with Crippen LogP contribution in [-0.4, -0.2) is 28.4 Å². The first-order valence-electron chi connectivity index (χ1n) is 9.87. The van der Waals surface area contributed by atoms with Gasteiger partial charge in [-0.2, -0.15) is 5.32 Å². The molecule has 2 aromatic rings. The van der Waals surface area contributed by atoms with Crippen LogP contribution < -0.4 is 16.0 Å². The smallest absolute Gasteiger partial charge is 0.308 e. The van der Waals surface area contributed by atoms with E-state index in [-0.39, 0.29) is 11.9 Å². The molecule has 0 bridgehead atoms. The van der Waals surface area contributed by atoms with Gasteiger partial charge >= 0.3 is 12.1 Å². The van der Waals surface area contributed by atoms with E-state index in [1.54, 1.807) is 17.0 Å². The summed E-state index contributed by atoms with van der Waals surface area (Å²) in [6, 6.07) is 15.7. The van der Waals surface area contributed by atoms with Crippen molar-refractivity contribution in [3.8, 4) is 0 Å². The lowest BCUT2D eigenvalue weighted by Gasteiger charge is -2.38. The maximum atomic E-state index is 12.4. The van der Waals surface area contributed by atoms with Gasteiger partial charge in [-0.3, -0.25) is 4.79 Å². The first kappa shape index (κ1) is 19.0. The van der Waals surface area contributed by atoms with Crippen molar-refractivity contribution in [1.29, 1.82) is 0 Å². The molecular formula is C22H23N4O3. The molecular weight excluding hydrogens is 368 g/mol. The number of imide groups is 1. The van der Waals surface area contributed by atoms with Gasteiger partial charge in [-0.25, -0.2) is 9.59 Å². The first-order chi connectivity index (χ1) is 14.1. The molecule has 2 fully saturated rings. The second-order valence-corrected chi connectivity index (χ2v) is 7.52. The highest BCUT2D eigenvalue weighted by molar-refractivity contribution is 6.06. The second kappa shape index (κ2) is 7.95. The largest absolute Gasteiger partial charge is 0.347 e. The van der Waals surface area contributed by atoms with E-state index in [9.17, 15) is 14.4 Å². The number of nitrogens with one attached hydrogen (secondary N) is 2. The van der Waals surface area contributed by atoms with Crippen LogP contribution in [0.1, 0.15) is 37.7 Å². The number of nitrogens with zero attached hydrogens (tertiary/aromatic N) is 2. The fourth-order valence-corrected chi connectivity index (χ4v) is 4.08. The molecule has 4 rings (SSSR count). The van der Waals surface area contributed by atoms with Crippen LogP contribution in [0.25, 0.3) is 0 Å². The summed E-state index contributed by atoms with van der Waals surface area (Å²) in [6.45, 7) is 0.338. The third-order valence-electron chi connectivity index (χ3n) is 5.61. The van der Waals surface area contributed by atoms with E-state index in [1.165, 1.54) is 0 Å². The molecule has 1 spiro atoms. The predicted octanol–water partition coefficient (Wildman–Crippen LogP) is 4.10. The highest BCUT2D eigenvalue weighted by Gasteiger charge is 2.54. The molecule has 0 aromatic heterocycles. The molecule has 1 aliphatic heterocycles. The Kier molecular flexibility index (Phi) is 5.20. The van der Waals surface area contributed by atoms with Crippen LogP contribution in [0, 0.1) is 0 Å². The zero-order valence-electron chi connectivity index (χ0n) is 16.1. The summed E-state index contributed by atoms with van der Waals surface area (Å²) in [5.41, 5.74) is 1.48. The molecule has 149 valence electrons. The standard InChI is InChI=1S/C22H23N4O3/c27-19-22(13-5-2-6-14-22)26(21(29)25-19)15-16-9-11-18(12-10-16)24-20(28)23-17-7-3-1-4-8-17/h1,3-4,7-12H,2,5-6,13-15H2,(H2,23,24,28). The highest BCUT2D eigenvalue weighted by Crippen LogP contribution is 2.38. The fraction of sp³-hybridized carbons (Fsp3) is 0.318. The van der Waals surface area contributed by atoms with Gasteiger partial charge in [-0.15, -0.1) is 0 Å². The third kappa shape index (κ3) is 3.94. The number of benzene rings is 2. The van der Waals surface area contributed by atoms with Crippen LogP contribution >= 0.6 is 0 Å². The van der Waals surface area contributed by atoms with E-state index in [1.807, 2.05) is 42.5 Å². The Balaban J connectivity index is 1.41. The van der Waals surface area contributed by atoms with E-state index in [2.05, 4.69) is 16.0 Å². The molecule has 0 atom stereocenters. The van der Waals surface area contributed by atoms with Gasteiger partial charge in [0.15, 0.2) is 0 Å². The maximum absolute atomic E-state index is 12.4. The number of anilines is 2. The molecule has 1 radical (unpaired) electrons. The molecule has 0 unspecified atom stereocenters. The minimum Gasteiger partial charge on any atom is -0.308 e. The predicted molar refractivity (Wildman–Crippen MR) is 109 cm³/mol. The molecule has 7 nitrogen and oxygen atoms in total. The Hall–Kier alpha value is -3.35.